The number of hydrogen-bond donors (Lipinski definition) is 0. The fourth-order valence-electron chi connectivity index (χ4n) is 0. The molecule has 0 fully saturated rings. The van der Waals surface area contributed by atoms with Crippen molar-refractivity contribution in [2.24, 2.45) is 5.34 Å². The molecule has 0 unspecified atom stereocenters. The predicted molar refractivity (Wildman–Crippen MR) is 10.6 cm³/mol. The Morgan fingerprint density at radius 1 is 1.75 bits per heavy atom. The van der Waals surface area contributed by atoms with Gasteiger partial charge < -0.3 is 10.1 Å². The van der Waals surface area contributed by atoms with E-state index in [0.29, 0.717) is 0 Å². The van der Waals surface area contributed by atoms with E-state index in [1.807, 2.05) is 0 Å². The molecule has 1 radical (unpaired) electrons. The van der Waals surface area contributed by atoms with Gasteiger partial charge in [0.15, 0.2) is 0 Å². The second-order valence-corrected chi connectivity index (χ2v) is 0.0745. The van der Waals surface area contributed by atoms with Crippen molar-refractivity contribution < 1.29 is 17.1 Å². The van der Waals surface area contributed by atoms with Crippen molar-refractivity contribution in [2.45, 2.75) is 0 Å². The molecule has 0 N–H and O–H groups in total. The van der Waals surface area contributed by atoms with Crippen molar-refractivity contribution in [2.75, 3.05) is 0 Å². The zero-order valence-corrected chi connectivity index (χ0v) is 2.57. The maximum atomic E-state index is 8.00. The first-order valence-corrected chi connectivity index (χ1v) is 0.365. The molecule has 30 valence electrons. The molecular formula is HCuNO2-. The minimum absolute atomic E-state index is 0. The zero-order valence-electron chi connectivity index (χ0n) is 1.58. The van der Waals surface area contributed by atoms with Crippen LogP contribution >= 0.6 is 0 Å². The third kappa shape index (κ3) is 250. The summed E-state index contributed by atoms with van der Waals surface area (Å²) < 4.78 is 0. The summed E-state index contributed by atoms with van der Waals surface area (Å²) in [6.07, 6.45) is 0. The molecule has 4 heavy (non-hydrogen) atoms. The van der Waals surface area contributed by atoms with Crippen molar-refractivity contribution in [1.29, 1.82) is 0 Å². The van der Waals surface area contributed by atoms with Crippen LogP contribution in [-0.4, -0.2) is 0 Å². The molecule has 0 spiro atoms. The van der Waals surface area contributed by atoms with Gasteiger partial charge in [-0.25, -0.2) is 0 Å². The van der Waals surface area contributed by atoms with Crippen LogP contribution in [-0.2, 0) is 17.1 Å². The second kappa shape index (κ2) is 12.7. The first-order valence-electron chi connectivity index (χ1n) is 0.365. The Morgan fingerprint density at radius 3 is 1.75 bits per heavy atom. The minimum atomic E-state index is 0. The molecule has 0 aliphatic carbocycles. The Kier molecular flexibility index (Phi) is 28.8. The van der Waals surface area contributed by atoms with E-state index in [9.17, 15) is 0 Å². The van der Waals surface area contributed by atoms with Crippen molar-refractivity contribution in [3.8, 4) is 0 Å². The van der Waals surface area contributed by atoms with Crippen molar-refractivity contribution in [3.63, 3.8) is 0 Å². The van der Waals surface area contributed by atoms with Crippen LogP contribution in [0.2, 0.25) is 0 Å². The molecule has 0 aromatic rings. The molecule has 0 aliphatic rings. The summed E-state index contributed by atoms with van der Waals surface area (Å²) in [7, 11) is 0. The van der Waals surface area contributed by atoms with Crippen LogP contribution in [0.5, 0.6) is 0 Å². The maximum absolute atomic E-state index is 8.00. The summed E-state index contributed by atoms with van der Waals surface area (Å²) in [5.74, 6) is 0. The summed E-state index contributed by atoms with van der Waals surface area (Å²) in [4.78, 5) is 8.00. The Labute approximate surface area is 33.4 Å². The van der Waals surface area contributed by atoms with Crippen LogP contribution < -0.4 is 0 Å². The Morgan fingerprint density at radius 2 is 1.75 bits per heavy atom. The second-order valence-electron chi connectivity index (χ2n) is 0.0745. The third-order valence-electron chi connectivity index (χ3n) is 0. The molecule has 0 amide bonds. The summed E-state index contributed by atoms with van der Waals surface area (Å²) >= 11 is 0. The molecule has 0 aromatic heterocycles. The van der Waals surface area contributed by atoms with E-state index in [4.69, 9.17) is 10.1 Å². The van der Waals surface area contributed by atoms with Gasteiger partial charge in [-0.1, -0.05) is 0 Å². The molecule has 0 heterocycles. The quantitative estimate of drug-likeness (QED) is 0.250. The molecule has 0 aliphatic heterocycles. The zero-order chi connectivity index (χ0) is 2.71. The van der Waals surface area contributed by atoms with Crippen molar-refractivity contribution >= 4 is 0 Å². The van der Waals surface area contributed by atoms with Gasteiger partial charge in [0.2, 0.25) is 0 Å². The fourth-order valence-corrected chi connectivity index (χ4v) is 0. The topological polar surface area (TPSA) is 52.5 Å². The normalized spacial score (nSPS) is 3.00. The Bertz CT molecular complexity index is 13.5. The summed E-state index contributed by atoms with van der Waals surface area (Å²) in [6, 6.07) is 0. The van der Waals surface area contributed by atoms with Crippen LogP contribution in [0, 0.1) is 10.1 Å². The molecule has 0 rings (SSSR count). The average Bonchev–Trinajstić information content (AvgIpc) is 0.918. The van der Waals surface area contributed by atoms with Crippen molar-refractivity contribution in [3.05, 3.63) is 10.1 Å². The van der Waals surface area contributed by atoms with Gasteiger partial charge in [0, 0.05) is 0 Å². The van der Waals surface area contributed by atoms with E-state index in [1.165, 1.54) is 0 Å². The van der Waals surface area contributed by atoms with Crippen molar-refractivity contribution in [1.82, 2.24) is 0 Å². The fraction of sp³-hybridized carbons (Fsp3) is 0. The molecule has 3 nitrogen and oxygen atoms in total. The van der Waals surface area contributed by atoms with E-state index >= 15 is 0 Å². The van der Waals surface area contributed by atoms with Gasteiger partial charge in [-0.2, -0.15) is 0 Å². The third-order valence-corrected chi connectivity index (χ3v) is 0. The van der Waals surface area contributed by atoms with Crippen LogP contribution in [0.3, 0.4) is 0 Å². The van der Waals surface area contributed by atoms with Crippen LogP contribution in [0.25, 0.3) is 0 Å². The van der Waals surface area contributed by atoms with Gasteiger partial charge >= 0.3 is 17.1 Å². The summed E-state index contributed by atoms with van der Waals surface area (Å²) in [6.45, 7) is 0. The number of nitrogens with zero attached hydrogens (tertiary/aromatic N) is 1. The SMILES string of the molecule is O=N[O-].[CuH]. The molecule has 0 bridgehead atoms. The van der Waals surface area contributed by atoms with Crippen LogP contribution in [0.4, 0.5) is 0 Å². The van der Waals surface area contributed by atoms with Gasteiger partial charge in [-0.15, -0.1) is 5.34 Å². The van der Waals surface area contributed by atoms with Crippen LogP contribution in [0.1, 0.15) is 0 Å². The number of rotatable bonds is 0. The predicted octanol–water partition coefficient (Wildman–Crippen LogP) is -0.0196. The number of hydrogen-bond acceptors (Lipinski definition) is 3. The standard InChI is InChI=1S/Cu.HNO2.H/c;2-1-3;/h;(H,2,3);/p-1. The van der Waals surface area contributed by atoms with Gasteiger partial charge in [-0.05, 0) is 0 Å². The molecule has 0 aromatic carbocycles. The van der Waals surface area contributed by atoms with Gasteiger partial charge in [-0.3, -0.25) is 0 Å². The molecule has 0 atom stereocenters. The van der Waals surface area contributed by atoms with E-state index in [2.05, 4.69) is 0 Å². The Balaban J connectivity index is 0. The Hall–Kier alpha value is -0.0805. The first-order chi connectivity index (χ1) is 1.41. The van der Waals surface area contributed by atoms with Gasteiger partial charge in [0.25, 0.3) is 0 Å². The molecule has 0 saturated carbocycles. The molecular weight excluding hydrogens is 110 g/mol. The van der Waals surface area contributed by atoms with E-state index < -0.39 is 0 Å². The molecule has 4 heteroatoms. The van der Waals surface area contributed by atoms with E-state index in [0.717, 1.165) is 5.34 Å². The van der Waals surface area contributed by atoms with Gasteiger partial charge in [0.05, 0.1) is 0 Å². The van der Waals surface area contributed by atoms with Crippen LogP contribution in [0.15, 0.2) is 5.34 Å². The van der Waals surface area contributed by atoms with Gasteiger partial charge in [0.1, 0.15) is 0 Å². The molecule has 0 saturated heterocycles. The average molecular weight is 111 g/mol. The summed E-state index contributed by atoms with van der Waals surface area (Å²) in [5, 5.41) is 9.00. The van der Waals surface area contributed by atoms with E-state index in [1.54, 1.807) is 0 Å². The summed E-state index contributed by atoms with van der Waals surface area (Å²) in [5.41, 5.74) is 0. The van der Waals surface area contributed by atoms with E-state index in [-0.39, 0.29) is 17.1 Å². The first kappa shape index (κ1) is 9.07. The monoisotopic (exact) mass is 110 g/mol.